The molecule has 0 atom stereocenters. The standard InChI is InChI=1S/C11H4Br4ClNO4/c12-5-3-4(6(13)8(15)7(5)14)10(19)17(9(3)18)1-2-21-11(16)20/h1-2H2. The van der Waals surface area contributed by atoms with Crippen LogP contribution >= 0.6 is 75.3 Å². The number of benzene rings is 1. The van der Waals surface area contributed by atoms with Crippen LogP contribution in [-0.4, -0.2) is 35.3 Å². The summed E-state index contributed by atoms with van der Waals surface area (Å²) in [4.78, 5) is 36.3. The summed E-state index contributed by atoms with van der Waals surface area (Å²) < 4.78 is 6.72. The second-order valence-electron chi connectivity index (χ2n) is 3.85. The molecule has 0 aromatic heterocycles. The lowest BCUT2D eigenvalue weighted by Gasteiger charge is -2.12. The zero-order chi connectivity index (χ0) is 15.9. The van der Waals surface area contributed by atoms with Crippen molar-refractivity contribution in [1.29, 1.82) is 0 Å². The van der Waals surface area contributed by atoms with Crippen molar-refractivity contribution in [2.24, 2.45) is 0 Å². The second-order valence-corrected chi connectivity index (χ2v) is 7.33. The lowest BCUT2D eigenvalue weighted by Crippen LogP contribution is -2.33. The molecule has 112 valence electrons. The Morgan fingerprint density at radius 3 is 1.76 bits per heavy atom. The van der Waals surface area contributed by atoms with Crippen LogP contribution in [0.1, 0.15) is 20.7 Å². The number of rotatable bonds is 3. The van der Waals surface area contributed by atoms with Crippen molar-refractivity contribution in [2.75, 3.05) is 13.2 Å². The topological polar surface area (TPSA) is 63.7 Å². The summed E-state index contributed by atoms with van der Waals surface area (Å²) >= 11 is 18.3. The van der Waals surface area contributed by atoms with Gasteiger partial charge in [0, 0.05) is 29.5 Å². The number of carbonyl (C=O) groups is 3. The molecule has 0 saturated heterocycles. The maximum absolute atomic E-state index is 12.4. The van der Waals surface area contributed by atoms with Gasteiger partial charge in [-0.2, -0.15) is 0 Å². The molecule has 0 unspecified atom stereocenters. The van der Waals surface area contributed by atoms with E-state index in [2.05, 4.69) is 68.5 Å². The number of hydrogen-bond donors (Lipinski definition) is 0. The van der Waals surface area contributed by atoms with Crippen molar-refractivity contribution in [1.82, 2.24) is 4.90 Å². The molecule has 1 heterocycles. The fourth-order valence-corrected chi connectivity index (χ4v) is 4.35. The summed E-state index contributed by atoms with van der Waals surface area (Å²) in [6, 6.07) is 0. The van der Waals surface area contributed by atoms with Crippen LogP contribution in [0.15, 0.2) is 17.9 Å². The minimum absolute atomic E-state index is 0.0705. The molecule has 0 N–H and O–H groups in total. The Labute approximate surface area is 157 Å². The average Bonchev–Trinajstić information content (AvgIpc) is 2.67. The first-order valence-electron chi connectivity index (χ1n) is 5.31. The van der Waals surface area contributed by atoms with Gasteiger partial charge in [-0.1, -0.05) is 0 Å². The molecule has 10 heteroatoms. The van der Waals surface area contributed by atoms with Gasteiger partial charge in [0.2, 0.25) is 0 Å². The van der Waals surface area contributed by atoms with Crippen molar-refractivity contribution in [3.8, 4) is 0 Å². The first-order valence-corrected chi connectivity index (χ1v) is 8.86. The molecule has 1 aliphatic heterocycles. The Balaban J connectivity index is 2.41. The van der Waals surface area contributed by atoms with E-state index in [1.54, 1.807) is 0 Å². The van der Waals surface area contributed by atoms with Crippen molar-refractivity contribution in [2.45, 2.75) is 0 Å². The normalized spacial score (nSPS) is 13.7. The second kappa shape index (κ2) is 6.66. The third-order valence-electron chi connectivity index (χ3n) is 2.72. The molecule has 0 saturated carbocycles. The Hall–Kier alpha value is 0.0400. The summed E-state index contributed by atoms with van der Waals surface area (Å²) in [6.45, 7) is -0.232. The predicted octanol–water partition coefficient (Wildman–Crippen LogP) is 4.71. The van der Waals surface area contributed by atoms with Crippen LogP contribution in [0.2, 0.25) is 0 Å². The van der Waals surface area contributed by atoms with Crippen LogP contribution in [-0.2, 0) is 4.74 Å². The molecule has 1 aliphatic rings. The Morgan fingerprint density at radius 2 is 1.38 bits per heavy atom. The van der Waals surface area contributed by atoms with Crippen molar-refractivity contribution < 1.29 is 19.1 Å². The van der Waals surface area contributed by atoms with Gasteiger partial charge in [-0.05, 0) is 63.7 Å². The lowest BCUT2D eigenvalue weighted by molar-refractivity contribution is 0.0615. The van der Waals surface area contributed by atoms with Gasteiger partial charge >= 0.3 is 5.43 Å². The zero-order valence-electron chi connectivity index (χ0n) is 9.88. The van der Waals surface area contributed by atoms with E-state index < -0.39 is 17.2 Å². The Kier molecular flexibility index (Phi) is 5.51. The molecule has 5 nitrogen and oxygen atoms in total. The number of amides is 2. The largest absolute Gasteiger partial charge is 0.452 e. The van der Waals surface area contributed by atoms with E-state index in [1.807, 2.05) is 0 Å². The van der Waals surface area contributed by atoms with Gasteiger partial charge in [0.15, 0.2) is 0 Å². The van der Waals surface area contributed by atoms with Crippen molar-refractivity contribution in [3.63, 3.8) is 0 Å². The van der Waals surface area contributed by atoms with Crippen molar-refractivity contribution in [3.05, 3.63) is 29.0 Å². The smallest absolute Gasteiger partial charge is 0.403 e. The summed E-state index contributed by atoms with van der Waals surface area (Å²) in [5.74, 6) is -0.942. The first kappa shape index (κ1) is 17.4. The maximum Gasteiger partial charge on any atom is 0.403 e. The van der Waals surface area contributed by atoms with Gasteiger partial charge in [-0.25, -0.2) is 4.79 Å². The zero-order valence-corrected chi connectivity index (χ0v) is 17.0. The van der Waals surface area contributed by atoms with Crippen LogP contribution in [0.4, 0.5) is 4.79 Å². The van der Waals surface area contributed by atoms with Crippen molar-refractivity contribution >= 4 is 92.6 Å². The molecular formula is C11H4Br4ClNO4. The third-order valence-corrected chi connectivity index (χ3v) is 7.59. The summed E-state index contributed by atoms with van der Waals surface area (Å²) in [5.41, 5.74) is -0.488. The number of imide groups is 1. The quantitative estimate of drug-likeness (QED) is 0.229. The van der Waals surface area contributed by atoms with E-state index in [4.69, 9.17) is 11.6 Å². The van der Waals surface area contributed by atoms with Crippen LogP contribution in [0.3, 0.4) is 0 Å². The van der Waals surface area contributed by atoms with Gasteiger partial charge in [0.1, 0.15) is 6.61 Å². The number of carbonyl (C=O) groups excluding carboxylic acids is 3. The molecule has 0 fully saturated rings. The fraction of sp³-hybridized carbons (Fsp3) is 0.182. The summed E-state index contributed by atoms with van der Waals surface area (Å²) in [6.07, 6.45) is 0. The van der Waals surface area contributed by atoms with E-state index in [-0.39, 0.29) is 24.3 Å². The molecule has 0 aliphatic carbocycles. The molecule has 21 heavy (non-hydrogen) atoms. The van der Waals surface area contributed by atoms with E-state index >= 15 is 0 Å². The molecule has 1 aromatic carbocycles. The number of hydrogen-bond acceptors (Lipinski definition) is 4. The number of nitrogens with zero attached hydrogens (tertiary/aromatic N) is 1. The molecule has 2 rings (SSSR count). The van der Waals surface area contributed by atoms with Gasteiger partial charge < -0.3 is 4.74 Å². The monoisotopic (exact) mass is 565 g/mol. The van der Waals surface area contributed by atoms with Gasteiger partial charge in [0.05, 0.1) is 17.7 Å². The van der Waals surface area contributed by atoms with Gasteiger partial charge in [-0.3, -0.25) is 14.5 Å². The third kappa shape index (κ3) is 3.08. The molecular weight excluding hydrogens is 565 g/mol. The fourth-order valence-electron chi connectivity index (χ4n) is 1.82. The van der Waals surface area contributed by atoms with Gasteiger partial charge in [-0.15, -0.1) is 0 Å². The number of fused-ring (bicyclic) bond motifs is 1. The highest BCUT2D eigenvalue weighted by Crippen LogP contribution is 2.45. The Morgan fingerprint density at radius 1 is 0.952 bits per heavy atom. The maximum atomic E-state index is 12.4. The SMILES string of the molecule is O=C(Cl)OCCN1C(=O)c2c(Br)c(Br)c(Br)c(Br)c2C1=O. The highest BCUT2D eigenvalue weighted by atomic mass is 79.9. The number of halogens is 5. The summed E-state index contributed by atoms with van der Waals surface area (Å²) in [5, 5.41) is 0. The highest BCUT2D eigenvalue weighted by Gasteiger charge is 2.40. The minimum atomic E-state index is -0.987. The predicted molar refractivity (Wildman–Crippen MR) is 89.8 cm³/mol. The number of ether oxygens (including phenoxy) is 1. The van der Waals surface area contributed by atoms with E-state index in [0.29, 0.717) is 17.9 Å². The molecule has 0 spiro atoms. The lowest BCUT2D eigenvalue weighted by atomic mass is 10.1. The molecule has 1 aromatic rings. The molecule has 0 bridgehead atoms. The van der Waals surface area contributed by atoms with Crippen LogP contribution in [0, 0.1) is 0 Å². The van der Waals surface area contributed by atoms with Gasteiger partial charge in [0.25, 0.3) is 11.8 Å². The molecule has 2 amide bonds. The average molecular weight is 569 g/mol. The van der Waals surface area contributed by atoms with E-state index in [9.17, 15) is 14.4 Å². The first-order chi connectivity index (χ1) is 9.77. The Bertz CT molecular complexity index is 632. The summed E-state index contributed by atoms with van der Waals surface area (Å²) in [7, 11) is 0. The van der Waals surface area contributed by atoms with E-state index in [1.165, 1.54) is 0 Å². The van der Waals surface area contributed by atoms with E-state index in [0.717, 1.165) is 4.90 Å². The van der Waals surface area contributed by atoms with Crippen LogP contribution in [0.25, 0.3) is 0 Å². The minimum Gasteiger partial charge on any atom is -0.452 e. The highest BCUT2D eigenvalue weighted by molar-refractivity contribution is 9.15. The van der Waals surface area contributed by atoms with Crippen LogP contribution < -0.4 is 0 Å². The molecule has 0 radical (unpaired) electrons. The van der Waals surface area contributed by atoms with Crippen LogP contribution in [0.5, 0.6) is 0 Å².